The molecule has 2 aromatic rings. The molecule has 1 saturated heterocycles. The number of carbonyl (C=O) groups excluding carboxylic acids is 2. The lowest BCUT2D eigenvalue weighted by atomic mass is 10.1. The second-order valence-electron chi connectivity index (χ2n) is 5.33. The summed E-state index contributed by atoms with van der Waals surface area (Å²) in [5.74, 6) is -0.446. The van der Waals surface area contributed by atoms with E-state index in [1.807, 2.05) is 0 Å². The van der Waals surface area contributed by atoms with Gasteiger partial charge in [-0.1, -0.05) is 48.2 Å². The van der Waals surface area contributed by atoms with Gasteiger partial charge in [-0.05, 0) is 35.9 Å². The molecule has 0 aliphatic carbocycles. The molecule has 0 spiro atoms. The number of benzene rings is 2. The summed E-state index contributed by atoms with van der Waals surface area (Å²) in [4.78, 5) is 26.2. The summed E-state index contributed by atoms with van der Waals surface area (Å²) in [6.45, 7) is 0. The van der Waals surface area contributed by atoms with Gasteiger partial charge in [0, 0.05) is 12.6 Å². The van der Waals surface area contributed by atoms with Crippen molar-refractivity contribution in [3.05, 3.63) is 64.6 Å². The number of anilines is 1. The number of hydrogen-bond donors (Lipinski definition) is 2. The molecule has 2 amide bonds. The number of likely N-dealkylation sites (N-methyl/N-ethyl adjacent to an activating group) is 1. The predicted octanol–water partition coefficient (Wildman–Crippen LogP) is 3.48. The van der Waals surface area contributed by atoms with E-state index in [1.54, 1.807) is 55.6 Å². The van der Waals surface area contributed by atoms with Gasteiger partial charge in [0.05, 0.1) is 10.6 Å². The van der Waals surface area contributed by atoms with Crippen molar-refractivity contribution in [1.29, 1.82) is 0 Å². The number of phenols is 1. The molecular weight excluding hydrogens is 356 g/mol. The van der Waals surface area contributed by atoms with Crippen molar-refractivity contribution >= 4 is 51.9 Å². The van der Waals surface area contributed by atoms with E-state index in [1.165, 1.54) is 22.7 Å². The number of rotatable bonds is 3. The molecule has 25 heavy (non-hydrogen) atoms. The Morgan fingerprint density at radius 1 is 1.20 bits per heavy atom. The third kappa shape index (κ3) is 3.72. The number of hydrogen-bond acceptors (Lipinski definition) is 5. The number of thiocarbonyl (C=S) groups is 1. The lowest BCUT2D eigenvalue weighted by Crippen LogP contribution is -2.22. The van der Waals surface area contributed by atoms with Crippen LogP contribution in [0.15, 0.2) is 53.4 Å². The molecule has 1 heterocycles. The standard InChI is InChI=1S/C18H14N2O3S2/c1-20-17(23)15(25-18(20)24)10-11-6-8-12(9-7-11)16(22)19-13-4-2-3-5-14(13)21/h2-10,21H,1H3,(H,19,22)/b15-10+. The number of amides is 2. The first-order valence-electron chi connectivity index (χ1n) is 7.36. The zero-order valence-corrected chi connectivity index (χ0v) is 14.9. The molecule has 0 saturated carbocycles. The Kier molecular flexibility index (Phi) is 4.87. The predicted molar refractivity (Wildman–Crippen MR) is 103 cm³/mol. The van der Waals surface area contributed by atoms with Crippen LogP contribution >= 0.6 is 24.0 Å². The zero-order chi connectivity index (χ0) is 18.0. The molecule has 0 radical (unpaired) electrons. The third-order valence-corrected chi connectivity index (χ3v) is 5.09. The van der Waals surface area contributed by atoms with Crippen LogP contribution in [-0.2, 0) is 4.79 Å². The van der Waals surface area contributed by atoms with Gasteiger partial charge in [0.15, 0.2) is 0 Å². The highest BCUT2D eigenvalue weighted by Gasteiger charge is 2.28. The van der Waals surface area contributed by atoms with Gasteiger partial charge in [0.25, 0.3) is 11.8 Å². The highest BCUT2D eigenvalue weighted by molar-refractivity contribution is 8.26. The summed E-state index contributed by atoms with van der Waals surface area (Å²) in [5, 5.41) is 12.4. The van der Waals surface area contributed by atoms with Crippen LogP contribution < -0.4 is 5.32 Å². The highest BCUT2D eigenvalue weighted by Crippen LogP contribution is 2.31. The van der Waals surface area contributed by atoms with Crippen molar-refractivity contribution in [3.63, 3.8) is 0 Å². The topological polar surface area (TPSA) is 69.6 Å². The van der Waals surface area contributed by atoms with Crippen LogP contribution in [0.4, 0.5) is 5.69 Å². The van der Waals surface area contributed by atoms with E-state index in [0.717, 1.165) is 5.56 Å². The molecule has 1 aliphatic heterocycles. The average Bonchev–Trinajstić information content (AvgIpc) is 2.84. The summed E-state index contributed by atoms with van der Waals surface area (Å²) in [7, 11) is 1.64. The molecule has 1 fully saturated rings. The molecule has 2 aromatic carbocycles. The second kappa shape index (κ2) is 7.08. The van der Waals surface area contributed by atoms with Gasteiger partial charge >= 0.3 is 0 Å². The van der Waals surface area contributed by atoms with E-state index in [4.69, 9.17) is 12.2 Å². The number of para-hydroxylation sites is 2. The van der Waals surface area contributed by atoms with Gasteiger partial charge in [0.1, 0.15) is 10.1 Å². The molecule has 0 aromatic heterocycles. The van der Waals surface area contributed by atoms with Crippen LogP contribution in [0.5, 0.6) is 5.75 Å². The maximum Gasteiger partial charge on any atom is 0.265 e. The SMILES string of the molecule is CN1C(=O)/C(=C\c2ccc(C(=O)Nc3ccccc3O)cc2)SC1=S. The molecule has 0 atom stereocenters. The molecule has 126 valence electrons. The maximum absolute atomic E-state index is 12.2. The van der Waals surface area contributed by atoms with Crippen molar-refractivity contribution in [2.75, 3.05) is 12.4 Å². The number of carbonyl (C=O) groups is 2. The normalized spacial score (nSPS) is 15.7. The summed E-state index contributed by atoms with van der Waals surface area (Å²) < 4.78 is 0.523. The summed E-state index contributed by atoms with van der Waals surface area (Å²) in [5.41, 5.74) is 1.60. The van der Waals surface area contributed by atoms with Crippen LogP contribution in [-0.4, -0.2) is 33.2 Å². The minimum absolute atomic E-state index is 0.00839. The molecule has 3 rings (SSSR count). The monoisotopic (exact) mass is 370 g/mol. The average molecular weight is 370 g/mol. The smallest absolute Gasteiger partial charge is 0.265 e. The van der Waals surface area contributed by atoms with Crippen molar-refractivity contribution in [3.8, 4) is 5.75 Å². The number of thioether (sulfide) groups is 1. The number of nitrogens with one attached hydrogen (secondary N) is 1. The second-order valence-corrected chi connectivity index (χ2v) is 7.01. The Morgan fingerprint density at radius 2 is 1.88 bits per heavy atom. The van der Waals surface area contributed by atoms with Crippen molar-refractivity contribution < 1.29 is 14.7 Å². The molecule has 0 bridgehead atoms. The zero-order valence-electron chi connectivity index (χ0n) is 13.2. The Bertz CT molecular complexity index is 891. The third-order valence-electron chi connectivity index (χ3n) is 3.61. The van der Waals surface area contributed by atoms with Crippen molar-refractivity contribution in [2.24, 2.45) is 0 Å². The van der Waals surface area contributed by atoms with Gasteiger partial charge in [-0.2, -0.15) is 0 Å². The van der Waals surface area contributed by atoms with Gasteiger partial charge < -0.3 is 10.4 Å². The minimum Gasteiger partial charge on any atom is -0.506 e. The molecule has 7 heteroatoms. The maximum atomic E-state index is 12.2. The number of aromatic hydroxyl groups is 1. The Morgan fingerprint density at radius 3 is 2.48 bits per heavy atom. The van der Waals surface area contributed by atoms with E-state index >= 15 is 0 Å². The number of phenolic OH excluding ortho intramolecular Hbond substituents is 1. The fourth-order valence-electron chi connectivity index (χ4n) is 2.20. The Hall–Kier alpha value is -2.64. The lowest BCUT2D eigenvalue weighted by Gasteiger charge is -2.07. The van der Waals surface area contributed by atoms with E-state index in [9.17, 15) is 14.7 Å². The van der Waals surface area contributed by atoms with Crippen LogP contribution in [0.1, 0.15) is 15.9 Å². The van der Waals surface area contributed by atoms with Gasteiger partial charge in [-0.3, -0.25) is 14.5 Å². The fourth-order valence-corrected chi connectivity index (χ4v) is 3.38. The Labute approximate surface area is 154 Å². The highest BCUT2D eigenvalue weighted by atomic mass is 32.2. The van der Waals surface area contributed by atoms with Gasteiger partial charge in [0.2, 0.25) is 0 Å². The minimum atomic E-state index is -0.326. The largest absolute Gasteiger partial charge is 0.506 e. The lowest BCUT2D eigenvalue weighted by molar-refractivity contribution is -0.121. The van der Waals surface area contributed by atoms with Crippen molar-refractivity contribution in [1.82, 2.24) is 4.90 Å². The molecule has 5 nitrogen and oxygen atoms in total. The first kappa shape index (κ1) is 17.2. The molecule has 0 unspecified atom stereocenters. The fraction of sp³-hybridized carbons (Fsp3) is 0.0556. The van der Waals surface area contributed by atoms with E-state index < -0.39 is 0 Å². The van der Waals surface area contributed by atoms with Gasteiger partial charge in [-0.15, -0.1) is 0 Å². The van der Waals surface area contributed by atoms with E-state index in [2.05, 4.69) is 5.32 Å². The van der Waals surface area contributed by atoms with Crippen LogP contribution in [0.25, 0.3) is 6.08 Å². The van der Waals surface area contributed by atoms with E-state index in [-0.39, 0.29) is 17.6 Å². The van der Waals surface area contributed by atoms with Gasteiger partial charge in [-0.25, -0.2) is 0 Å². The van der Waals surface area contributed by atoms with Crippen molar-refractivity contribution in [2.45, 2.75) is 0 Å². The first-order chi connectivity index (χ1) is 12.0. The number of nitrogens with zero attached hydrogens (tertiary/aromatic N) is 1. The van der Waals surface area contributed by atoms with Crippen LogP contribution in [0.3, 0.4) is 0 Å². The molecular formula is C18H14N2O3S2. The summed E-state index contributed by atoms with van der Waals surface area (Å²) in [6.07, 6.45) is 1.74. The molecule has 1 aliphatic rings. The molecule has 2 N–H and O–H groups in total. The van der Waals surface area contributed by atoms with E-state index in [0.29, 0.717) is 20.5 Å². The Balaban J connectivity index is 1.74. The summed E-state index contributed by atoms with van der Waals surface area (Å²) >= 11 is 6.35. The van der Waals surface area contributed by atoms with Crippen LogP contribution in [0.2, 0.25) is 0 Å². The quantitative estimate of drug-likeness (QED) is 0.492. The van der Waals surface area contributed by atoms with Crippen LogP contribution in [0, 0.1) is 0 Å². The summed E-state index contributed by atoms with van der Waals surface area (Å²) in [6, 6.07) is 13.4. The first-order valence-corrected chi connectivity index (χ1v) is 8.59.